The van der Waals surface area contributed by atoms with Crippen LogP contribution in [0.2, 0.25) is 0 Å². The Kier molecular flexibility index (Phi) is 5.30. The summed E-state index contributed by atoms with van der Waals surface area (Å²) in [5.41, 5.74) is 0.553. The molecule has 8 nitrogen and oxygen atoms in total. The Balaban J connectivity index is 2.09. The highest BCUT2D eigenvalue weighted by atomic mass is 16.5. The Morgan fingerprint density at radius 1 is 0.857 bits per heavy atom. The van der Waals surface area contributed by atoms with Crippen molar-refractivity contribution >= 4 is 29.6 Å². The van der Waals surface area contributed by atoms with Gasteiger partial charge in [0.15, 0.2) is 11.5 Å². The second-order valence-electron chi connectivity index (χ2n) is 5.72. The first-order valence-corrected chi connectivity index (χ1v) is 8.27. The maximum atomic E-state index is 12.9. The molecule has 2 aromatic carbocycles. The van der Waals surface area contributed by atoms with Crippen LogP contribution in [0.4, 0.5) is 10.5 Å². The van der Waals surface area contributed by atoms with Gasteiger partial charge in [0, 0.05) is 5.56 Å². The van der Waals surface area contributed by atoms with Crippen molar-refractivity contribution in [3.8, 4) is 17.2 Å². The molecule has 0 aliphatic carbocycles. The van der Waals surface area contributed by atoms with E-state index in [1.165, 1.54) is 27.4 Å². The SMILES string of the molecule is COc1ccc(/C=C2\C(=O)NC(=O)N(c3ccccc3)C2=O)c(OC)c1OC. The molecule has 0 unspecified atom stereocenters. The average molecular weight is 382 g/mol. The number of carbonyl (C=O) groups is 3. The monoisotopic (exact) mass is 382 g/mol. The van der Waals surface area contributed by atoms with Gasteiger partial charge in [0.2, 0.25) is 5.75 Å². The molecule has 1 aliphatic heterocycles. The highest BCUT2D eigenvalue weighted by molar-refractivity contribution is 6.39. The lowest BCUT2D eigenvalue weighted by Crippen LogP contribution is -2.54. The number of para-hydroxylation sites is 1. The number of carbonyl (C=O) groups excluding carboxylic acids is 3. The van der Waals surface area contributed by atoms with Crippen LogP contribution in [0, 0.1) is 0 Å². The maximum Gasteiger partial charge on any atom is 0.335 e. The number of anilines is 1. The van der Waals surface area contributed by atoms with Crippen LogP contribution in [-0.4, -0.2) is 39.2 Å². The lowest BCUT2D eigenvalue weighted by Gasteiger charge is -2.26. The van der Waals surface area contributed by atoms with Crippen LogP contribution in [0.5, 0.6) is 17.2 Å². The summed E-state index contributed by atoms with van der Waals surface area (Å²) in [5, 5.41) is 2.18. The minimum Gasteiger partial charge on any atom is -0.493 e. The summed E-state index contributed by atoms with van der Waals surface area (Å²) in [6.07, 6.45) is 1.35. The molecule has 0 saturated carbocycles. The van der Waals surface area contributed by atoms with E-state index in [2.05, 4.69) is 5.32 Å². The second kappa shape index (κ2) is 7.83. The van der Waals surface area contributed by atoms with E-state index in [1.54, 1.807) is 42.5 Å². The third-order valence-electron chi connectivity index (χ3n) is 4.15. The summed E-state index contributed by atoms with van der Waals surface area (Å²) in [6, 6.07) is 10.8. The number of barbiturate groups is 1. The number of imide groups is 2. The molecule has 0 atom stereocenters. The topological polar surface area (TPSA) is 94.2 Å². The van der Waals surface area contributed by atoms with Gasteiger partial charge >= 0.3 is 6.03 Å². The Hall–Kier alpha value is -3.81. The van der Waals surface area contributed by atoms with E-state index in [9.17, 15) is 14.4 Å². The summed E-state index contributed by atoms with van der Waals surface area (Å²) in [4.78, 5) is 38.3. The van der Waals surface area contributed by atoms with Crippen LogP contribution < -0.4 is 24.4 Å². The van der Waals surface area contributed by atoms with Crippen molar-refractivity contribution in [2.75, 3.05) is 26.2 Å². The first-order valence-electron chi connectivity index (χ1n) is 8.27. The van der Waals surface area contributed by atoms with Crippen LogP contribution in [0.1, 0.15) is 5.56 Å². The van der Waals surface area contributed by atoms with E-state index in [0.29, 0.717) is 22.7 Å². The third kappa shape index (κ3) is 3.27. The van der Waals surface area contributed by atoms with Crippen LogP contribution in [0.25, 0.3) is 6.08 Å². The van der Waals surface area contributed by atoms with Crippen molar-refractivity contribution < 1.29 is 28.6 Å². The van der Waals surface area contributed by atoms with E-state index in [0.717, 1.165) is 4.90 Å². The number of hydrogen-bond donors (Lipinski definition) is 1. The van der Waals surface area contributed by atoms with E-state index in [4.69, 9.17) is 14.2 Å². The normalized spacial score (nSPS) is 15.5. The van der Waals surface area contributed by atoms with Crippen molar-refractivity contribution in [2.24, 2.45) is 0 Å². The summed E-state index contributed by atoms with van der Waals surface area (Å²) in [6.45, 7) is 0. The lowest BCUT2D eigenvalue weighted by atomic mass is 10.1. The minimum absolute atomic E-state index is 0.214. The van der Waals surface area contributed by atoms with Gasteiger partial charge in [-0.3, -0.25) is 14.9 Å². The first-order chi connectivity index (χ1) is 13.5. The minimum atomic E-state index is -0.808. The van der Waals surface area contributed by atoms with Crippen molar-refractivity contribution in [3.05, 3.63) is 53.6 Å². The number of nitrogens with one attached hydrogen (secondary N) is 1. The molecule has 1 aliphatic rings. The van der Waals surface area contributed by atoms with Crippen LogP contribution in [0.3, 0.4) is 0 Å². The third-order valence-corrected chi connectivity index (χ3v) is 4.15. The molecule has 8 heteroatoms. The zero-order chi connectivity index (χ0) is 20.3. The summed E-state index contributed by atoms with van der Waals surface area (Å²) in [5.74, 6) is -0.491. The van der Waals surface area contributed by atoms with Crippen LogP contribution >= 0.6 is 0 Å². The number of amides is 4. The smallest absolute Gasteiger partial charge is 0.335 e. The molecular formula is C20H18N2O6. The number of hydrogen-bond acceptors (Lipinski definition) is 6. The van der Waals surface area contributed by atoms with Gasteiger partial charge in [-0.2, -0.15) is 0 Å². The molecule has 1 saturated heterocycles. The van der Waals surface area contributed by atoms with Crippen LogP contribution in [-0.2, 0) is 9.59 Å². The van der Waals surface area contributed by atoms with Gasteiger partial charge in [0.1, 0.15) is 5.57 Å². The van der Waals surface area contributed by atoms with E-state index < -0.39 is 17.8 Å². The molecular weight excluding hydrogens is 364 g/mol. The predicted molar refractivity (Wildman–Crippen MR) is 102 cm³/mol. The second-order valence-corrected chi connectivity index (χ2v) is 5.72. The lowest BCUT2D eigenvalue weighted by molar-refractivity contribution is -0.122. The number of nitrogens with zero attached hydrogens (tertiary/aromatic N) is 1. The van der Waals surface area contributed by atoms with Crippen molar-refractivity contribution in [1.29, 1.82) is 0 Å². The molecule has 1 N–H and O–H groups in total. The number of benzene rings is 2. The maximum absolute atomic E-state index is 12.9. The van der Waals surface area contributed by atoms with Gasteiger partial charge in [-0.05, 0) is 30.3 Å². The fourth-order valence-electron chi connectivity index (χ4n) is 2.86. The van der Waals surface area contributed by atoms with E-state index >= 15 is 0 Å². The largest absolute Gasteiger partial charge is 0.493 e. The summed E-state index contributed by atoms with van der Waals surface area (Å²) < 4.78 is 15.9. The van der Waals surface area contributed by atoms with Gasteiger partial charge in [-0.25, -0.2) is 9.69 Å². The Morgan fingerprint density at radius 3 is 2.14 bits per heavy atom. The Morgan fingerprint density at radius 2 is 1.54 bits per heavy atom. The van der Waals surface area contributed by atoms with Gasteiger partial charge < -0.3 is 14.2 Å². The highest BCUT2D eigenvalue weighted by Crippen LogP contribution is 2.40. The molecule has 3 rings (SSSR count). The van der Waals surface area contributed by atoms with E-state index in [-0.39, 0.29) is 11.3 Å². The fourth-order valence-corrected chi connectivity index (χ4v) is 2.86. The molecule has 2 aromatic rings. The number of rotatable bonds is 5. The quantitative estimate of drug-likeness (QED) is 0.630. The highest BCUT2D eigenvalue weighted by Gasteiger charge is 2.37. The molecule has 1 heterocycles. The van der Waals surface area contributed by atoms with Gasteiger partial charge in [0.25, 0.3) is 11.8 Å². The first kappa shape index (κ1) is 19.0. The van der Waals surface area contributed by atoms with Gasteiger partial charge in [-0.15, -0.1) is 0 Å². The molecule has 0 radical (unpaired) electrons. The zero-order valence-electron chi connectivity index (χ0n) is 15.5. The number of urea groups is 1. The molecule has 0 bridgehead atoms. The number of ether oxygens (including phenoxy) is 3. The predicted octanol–water partition coefficient (Wildman–Crippen LogP) is 2.38. The van der Waals surface area contributed by atoms with Crippen molar-refractivity contribution in [2.45, 2.75) is 0 Å². The van der Waals surface area contributed by atoms with Gasteiger partial charge in [0.05, 0.1) is 27.0 Å². The van der Waals surface area contributed by atoms with Crippen LogP contribution in [0.15, 0.2) is 48.0 Å². The molecule has 0 spiro atoms. The molecule has 144 valence electrons. The van der Waals surface area contributed by atoms with Gasteiger partial charge in [-0.1, -0.05) is 18.2 Å². The average Bonchev–Trinajstić information content (AvgIpc) is 2.70. The summed E-state index contributed by atoms with van der Waals surface area (Å²) in [7, 11) is 4.37. The standard InChI is InChI=1S/C20H18N2O6/c1-26-15-10-9-12(16(27-2)17(15)28-3)11-14-18(23)21-20(25)22(19(14)24)13-7-5-4-6-8-13/h4-11H,1-3H3,(H,21,23,25)/b14-11+. The molecule has 0 aromatic heterocycles. The fraction of sp³-hybridized carbons (Fsp3) is 0.150. The Bertz CT molecular complexity index is 968. The van der Waals surface area contributed by atoms with Crippen molar-refractivity contribution in [3.63, 3.8) is 0 Å². The summed E-state index contributed by atoms with van der Waals surface area (Å²) >= 11 is 0. The molecule has 28 heavy (non-hydrogen) atoms. The molecule has 1 fully saturated rings. The van der Waals surface area contributed by atoms with Crippen molar-refractivity contribution in [1.82, 2.24) is 5.32 Å². The van der Waals surface area contributed by atoms with E-state index in [1.807, 2.05) is 0 Å². The zero-order valence-corrected chi connectivity index (χ0v) is 15.5. The Labute approximate surface area is 161 Å². The number of methoxy groups -OCH3 is 3. The molecule has 4 amide bonds.